The van der Waals surface area contributed by atoms with Crippen LogP contribution in [0.3, 0.4) is 0 Å². The van der Waals surface area contributed by atoms with Crippen molar-refractivity contribution in [2.45, 2.75) is 37.8 Å². The van der Waals surface area contributed by atoms with Crippen LogP contribution < -0.4 is 11.1 Å². The predicted octanol–water partition coefficient (Wildman–Crippen LogP) is 0.187. The van der Waals surface area contributed by atoms with E-state index in [9.17, 15) is 0 Å². The lowest BCUT2D eigenvalue weighted by molar-refractivity contribution is 0.209. The zero-order valence-corrected chi connectivity index (χ0v) is 6.97. The molecular weight excluding hydrogens is 140 g/mol. The Bertz CT molecular complexity index is 111. The summed E-state index contributed by atoms with van der Waals surface area (Å²) in [6.45, 7) is 0.801. The smallest absolute Gasteiger partial charge is 0.0662 e. The first-order valence-corrected chi connectivity index (χ1v) is 4.42. The second kappa shape index (κ2) is 4.04. The second-order valence-corrected chi connectivity index (χ2v) is 3.37. The SMILES string of the molecule is NC1(NCCO)CCCCC1. The van der Waals surface area contributed by atoms with Crippen molar-refractivity contribution in [3.63, 3.8) is 0 Å². The van der Waals surface area contributed by atoms with E-state index in [0.29, 0.717) is 6.54 Å². The Morgan fingerprint density at radius 3 is 2.45 bits per heavy atom. The average Bonchev–Trinajstić information content (AvgIpc) is 2.03. The molecule has 66 valence electrons. The minimum absolute atomic E-state index is 0.180. The maximum Gasteiger partial charge on any atom is 0.0662 e. The van der Waals surface area contributed by atoms with Gasteiger partial charge in [-0.3, -0.25) is 5.32 Å². The lowest BCUT2D eigenvalue weighted by Crippen LogP contribution is -2.55. The van der Waals surface area contributed by atoms with Crippen LogP contribution in [0.15, 0.2) is 0 Å². The summed E-state index contributed by atoms with van der Waals surface area (Å²) in [4.78, 5) is 0. The Morgan fingerprint density at radius 2 is 1.91 bits per heavy atom. The molecule has 1 saturated carbocycles. The van der Waals surface area contributed by atoms with Crippen LogP contribution in [0.4, 0.5) is 0 Å². The van der Waals surface area contributed by atoms with Gasteiger partial charge in [-0.05, 0) is 12.8 Å². The molecule has 3 heteroatoms. The highest BCUT2D eigenvalue weighted by atomic mass is 16.3. The highest BCUT2D eigenvalue weighted by Gasteiger charge is 2.25. The van der Waals surface area contributed by atoms with Gasteiger partial charge in [0.05, 0.1) is 12.3 Å². The minimum Gasteiger partial charge on any atom is -0.395 e. The van der Waals surface area contributed by atoms with Gasteiger partial charge in [0.25, 0.3) is 0 Å². The highest BCUT2D eigenvalue weighted by molar-refractivity contribution is 4.84. The Balaban J connectivity index is 2.25. The fourth-order valence-electron chi connectivity index (χ4n) is 1.66. The van der Waals surface area contributed by atoms with Gasteiger partial charge in [0.15, 0.2) is 0 Å². The van der Waals surface area contributed by atoms with Crippen molar-refractivity contribution in [3.8, 4) is 0 Å². The summed E-state index contributed by atoms with van der Waals surface area (Å²) in [5.74, 6) is 0. The van der Waals surface area contributed by atoms with E-state index in [0.717, 1.165) is 12.8 Å². The van der Waals surface area contributed by atoms with Crippen LogP contribution >= 0.6 is 0 Å². The first kappa shape index (κ1) is 8.97. The molecule has 1 aliphatic carbocycles. The van der Waals surface area contributed by atoms with Gasteiger partial charge in [-0.25, -0.2) is 0 Å². The van der Waals surface area contributed by atoms with Gasteiger partial charge in [-0.1, -0.05) is 19.3 Å². The molecule has 0 bridgehead atoms. The molecule has 0 spiro atoms. The second-order valence-electron chi connectivity index (χ2n) is 3.37. The number of nitrogens with two attached hydrogens (primary N) is 1. The third-order valence-electron chi connectivity index (χ3n) is 2.33. The summed E-state index contributed by atoms with van der Waals surface area (Å²) < 4.78 is 0. The monoisotopic (exact) mass is 158 g/mol. The van der Waals surface area contributed by atoms with Crippen LogP contribution in [-0.4, -0.2) is 23.9 Å². The molecule has 3 nitrogen and oxygen atoms in total. The Labute approximate surface area is 68.0 Å². The van der Waals surface area contributed by atoms with E-state index in [1.165, 1.54) is 19.3 Å². The normalized spacial score (nSPS) is 23.5. The topological polar surface area (TPSA) is 58.3 Å². The van der Waals surface area contributed by atoms with Crippen molar-refractivity contribution < 1.29 is 5.11 Å². The van der Waals surface area contributed by atoms with Gasteiger partial charge < -0.3 is 10.8 Å². The van der Waals surface area contributed by atoms with Gasteiger partial charge in [-0.2, -0.15) is 0 Å². The lowest BCUT2D eigenvalue weighted by Gasteiger charge is -2.34. The Kier molecular flexibility index (Phi) is 3.30. The van der Waals surface area contributed by atoms with Crippen LogP contribution in [0.25, 0.3) is 0 Å². The molecule has 0 amide bonds. The molecular formula is C8H18N2O. The average molecular weight is 158 g/mol. The number of rotatable bonds is 3. The van der Waals surface area contributed by atoms with Crippen LogP contribution in [0.5, 0.6) is 0 Å². The van der Waals surface area contributed by atoms with Crippen molar-refractivity contribution >= 4 is 0 Å². The largest absolute Gasteiger partial charge is 0.395 e. The number of nitrogens with one attached hydrogen (secondary N) is 1. The molecule has 0 aromatic heterocycles. The van der Waals surface area contributed by atoms with Gasteiger partial charge >= 0.3 is 0 Å². The van der Waals surface area contributed by atoms with Gasteiger partial charge in [0, 0.05) is 6.54 Å². The van der Waals surface area contributed by atoms with Gasteiger partial charge in [-0.15, -0.1) is 0 Å². The predicted molar refractivity (Wildman–Crippen MR) is 45.1 cm³/mol. The maximum absolute atomic E-state index is 8.59. The zero-order chi connectivity index (χ0) is 8.16. The van der Waals surface area contributed by atoms with Crippen molar-refractivity contribution in [3.05, 3.63) is 0 Å². The first-order valence-electron chi connectivity index (χ1n) is 4.42. The molecule has 0 radical (unpaired) electrons. The third kappa shape index (κ3) is 2.77. The molecule has 0 atom stereocenters. The Hall–Kier alpha value is -0.120. The molecule has 0 aliphatic heterocycles. The molecule has 0 saturated heterocycles. The summed E-state index contributed by atoms with van der Waals surface area (Å²) in [5, 5.41) is 11.8. The van der Waals surface area contributed by atoms with E-state index >= 15 is 0 Å². The van der Waals surface area contributed by atoms with E-state index in [2.05, 4.69) is 5.32 Å². The molecule has 11 heavy (non-hydrogen) atoms. The quantitative estimate of drug-likeness (QED) is 0.514. The number of aliphatic hydroxyl groups excluding tert-OH is 1. The summed E-state index contributed by atoms with van der Waals surface area (Å²) in [6, 6.07) is 0. The van der Waals surface area contributed by atoms with Gasteiger partial charge in [0.2, 0.25) is 0 Å². The number of aliphatic hydroxyl groups is 1. The summed E-state index contributed by atoms with van der Waals surface area (Å²) in [7, 11) is 0. The summed E-state index contributed by atoms with van der Waals surface area (Å²) in [6.07, 6.45) is 5.84. The molecule has 1 rings (SSSR count). The Morgan fingerprint density at radius 1 is 1.27 bits per heavy atom. The zero-order valence-electron chi connectivity index (χ0n) is 6.97. The number of hydrogen-bond acceptors (Lipinski definition) is 3. The standard InChI is InChI=1S/C8H18N2O/c9-8(10-6-7-11)4-2-1-3-5-8/h10-11H,1-7,9H2. The van der Waals surface area contributed by atoms with Crippen LogP contribution in [-0.2, 0) is 0 Å². The van der Waals surface area contributed by atoms with Crippen molar-refractivity contribution in [1.82, 2.24) is 5.32 Å². The summed E-state index contributed by atoms with van der Waals surface area (Å²) >= 11 is 0. The van der Waals surface area contributed by atoms with E-state index in [1.54, 1.807) is 0 Å². The number of hydrogen-bond donors (Lipinski definition) is 3. The fraction of sp³-hybridized carbons (Fsp3) is 1.00. The molecule has 1 fully saturated rings. The van der Waals surface area contributed by atoms with E-state index in [4.69, 9.17) is 10.8 Å². The molecule has 4 N–H and O–H groups in total. The van der Waals surface area contributed by atoms with Crippen LogP contribution in [0.1, 0.15) is 32.1 Å². The highest BCUT2D eigenvalue weighted by Crippen LogP contribution is 2.22. The van der Waals surface area contributed by atoms with E-state index in [1.807, 2.05) is 0 Å². The van der Waals surface area contributed by atoms with Gasteiger partial charge in [0.1, 0.15) is 0 Å². The van der Waals surface area contributed by atoms with Crippen molar-refractivity contribution in [2.24, 2.45) is 5.73 Å². The molecule has 0 heterocycles. The van der Waals surface area contributed by atoms with E-state index < -0.39 is 0 Å². The third-order valence-corrected chi connectivity index (χ3v) is 2.33. The van der Waals surface area contributed by atoms with Crippen LogP contribution in [0, 0.1) is 0 Å². The molecule has 0 aromatic rings. The fourth-order valence-corrected chi connectivity index (χ4v) is 1.66. The van der Waals surface area contributed by atoms with Crippen molar-refractivity contribution in [2.75, 3.05) is 13.2 Å². The maximum atomic E-state index is 8.59. The molecule has 1 aliphatic rings. The molecule has 0 aromatic carbocycles. The van der Waals surface area contributed by atoms with Crippen molar-refractivity contribution in [1.29, 1.82) is 0 Å². The molecule has 0 unspecified atom stereocenters. The van der Waals surface area contributed by atoms with Crippen LogP contribution in [0.2, 0.25) is 0 Å². The first-order chi connectivity index (χ1) is 5.27. The summed E-state index contributed by atoms with van der Waals surface area (Å²) in [5.41, 5.74) is 5.84. The van der Waals surface area contributed by atoms with E-state index in [-0.39, 0.29) is 12.3 Å². The minimum atomic E-state index is -0.180. The lowest BCUT2D eigenvalue weighted by atomic mass is 9.90.